The van der Waals surface area contributed by atoms with Crippen molar-refractivity contribution in [3.63, 3.8) is 0 Å². The zero-order chi connectivity index (χ0) is 11.6. The predicted molar refractivity (Wildman–Crippen MR) is 65.7 cm³/mol. The quantitative estimate of drug-likeness (QED) is 0.825. The Morgan fingerprint density at radius 2 is 2.20 bits per heavy atom. The second-order valence-electron chi connectivity index (χ2n) is 2.90. The van der Waals surface area contributed by atoms with E-state index >= 15 is 0 Å². The predicted octanol–water partition coefficient (Wildman–Crippen LogP) is 1.02. The summed E-state index contributed by atoms with van der Waals surface area (Å²) in [6.07, 6.45) is 0. The number of rotatable bonds is 4. The Hall–Kier alpha value is -0.500. The van der Waals surface area contributed by atoms with Crippen LogP contribution in [0.3, 0.4) is 0 Å². The Morgan fingerprint density at radius 1 is 1.60 bits per heavy atom. The van der Waals surface area contributed by atoms with Crippen LogP contribution in [0, 0.1) is 0 Å². The molecule has 1 rings (SSSR count). The largest absolute Gasteiger partial charge is 0.389 e. The highest BCUT2D eigenvalue weighted by Gasteiger charge is 2.21. The molecule has 0 atom stereocenters. The summed E-state index contributed by atoms with van der Waals surface area (Å²) in [4.78, 5) is 0.841. The summed E-state index contributed by atoms with van der Waals surface area (Å²) in [5, 5.41) is 0. The minimum absolute atomic E-state index is 0.223. The van der Waals surface area contributed by atoms with E-state index in [9.17, 15) is 8.42 Å². The van der Waals surface area contributed by atoms with Gasteiger partial charge in [0.2, 0.25) is 0 Å². The fourth-order valence-corrected chi connectivity index (χ4v) is 3.66. The second-order valence-corrected chi connectivity index (χ2v) is 6.70. The molecular formula is C8H12N2O2S3. The van der Waals surface area contributed by atoms with Gasteiger partial charge in [-0.2, -0.15) is 0 Å². The first-order valence-electron chi connectivity index (χ1n) is 4.25. The van der Waals surface area contributed by atoms with E-state index in [1.54, 1.807) is 13.0 Å². The van der Waals surface area contributed by atoms with Gasteiger partial charge in [0.1, 0.15) is 9.20 Å². The lowest BCUT2D eigenvalue weighted by Gasteiger charge is -2.12. The van der Waals surface area contributed by atoms with Gasteiger partial charge < -0.3 is 5.73 Å². The van der Waals surface area contributed by atoms with Crippen LogP contribution in [0.4, 0.5) is 0 Å². The Labute approximate surface area is 98.8 Å². The Balaban J connectivity index is 3.12. The Morgan fingerprint density at radius 3 is 2.60 bits per heavy atom. The number of thiocarbonyl (C=S) groups is 1. The summed E-state index contributed by atoms with van der Waals surface area (Å²) < 4.78 is 25.3. The molecule has 0 saturated heterocycles. The zero-order valence-electron chi connectivity index (χ0n) is 8.43. The van der Waals surface area contributed by atoms with Gasteiger partial charge in [-0.05, 0) is 12.1 Å². The van der Waals surface area contributed by atoms with Crippen LogP contribution in [-0.2, 0) is 10.0 Å². The van der Waals surface area contributed by atoms with Crippen molar-refractivity contribution in [1.29, 1.82) is 0 Å². The summed E-state index contributed by atoms with van der Waals surface area (Å²) in [6.45, 7) is 2.21. The molecule has 0 fully saturated rings. The number of nitrogens with two attached hydrogens (primary N) is 1. The van der Waals surface area contributed by atoms with E-state index in [0.29, 0.717) is 11.4 Å². The standard InChI is InChI=1S/C8H12N2O2S3/c1-3-10(2)15(11,12)7-5-4-6(14-7)8(9)13/h4-5H,3H2,1-2H3,(H2,9,13). The van der Waals surface area contributed by atoms with Crippen LogP contribution >= 0.6 is 23.6 Å². The molecule has 1 heterocycles. The van der Waals surface area contributed by atoms with E-state index in [1.165, 1.54) is 17.4 Å². The molecule has 0 unspecified atom stereocenters. The van der Waals surface area contributed by atoms with Crippen molar-refractivity contribution < 1.29 is 8.42 Å². The van der Waals surface area contributed by atoms with Crippen LogP contribution in [0.25, 0.3) is 0 Å². The third-order valence-corrected chi connectivity index (χ3v) is 5.80. The van der Waals surface area contributed by atoms with Gasteiger partial charge in [-0.25, -0.2) is 12.7 Å². The van der Waals surface area contributed by atoms with E-state index in [4.69, 9.17) is 18.0 Å². The van der Waals surface area contributed by atoms with E-state index in [1.807, 2.05) is 0 Å². The van der Waals surface area contributed by atoms with Crippen molar-refractivity contribution in [3.05, 3.63) is 17.0 Å². The molecule has 0 aliphatic rings. The van der Waals surface area contributed by atoms with Gasteiger partial charge in [0.05, 0.1) is 4.88 Å². The van der Waals surface area contributed by atoms with Gasteiger partial charge >= 0.3 is 0 Å². The molecule has 0 spiro atoms. The molecule has 0 saturated carbocycles. The molecule has 1 aromatic rings. The van der Waals surface area contributed by atoms with Gasteiger partial charge in [0.25, 0.3) is 10.0 Å². The first-order valence-corrected chi connectivity index (χ1v) is 6.92. The first kappa shape index (κ1) is 12.6. The second kappa shape index (κ2) is 4.56. The fourth-order valence-electron chi connectivity index (χ4n) is 0.915. The maximum Gasteiger partial charge on any atom is 0.252 e. The fraction of sp³-hybridized carbons (Fsp3) is 0.375. The van der Waals surface area contributed by atoms with Crippen molar-refractivity contribution >= 4 is 38.6 Å². The lowest BCUT2D eigenvalue weighted by molar-refractivity contribution is 0.488. The molecule has 0 radical (unpaired) electrons. The van der Waals surface area contributed by atoms with Crippen LogP contribution < -0.4 is 5.73 Å². The Kier molecular flexibility index (Phi) is 3.82. The monoisotopic (exact) mass is 264 g/mol. The molecule has 7 heteroatoms. The molecule has 0 aliphatic carbocycles. The topological polar surface area (TPSA) is 63.4 Å². The minimum Gasteiger partial charge on any atom is -0.389 e. The van der Waals surface area contributed by atoms with E-state index < -0.39 is 10.0 Å². The van der Waals surface area contributed by atoms with Crippen LogP contribution in [0.15, 0.2) is 16.3 Å². The lowest BCUT2D eigenvalue weighted by atomic mass is 10.5. The average Bonchev–Trinajstić information content (AvgIpc) is 2.65. The number of hydrogen-bond acceptors (Lipinski definition) is 4. The van der Waals surface area contributed by atoms with Gasteiger partial charge in [-0.1, -0.05) is 19.1 Å². The lowest BCUT2D eigenvalue weighted by Crippen LogP contribution is -2.25. The van der Waals surface area contributed by atoms with E-state index in [0.717, 1.165) is 11.3 Å². The van der Waals surface area contributed by atoms with Crippen LogP contribution in [0.2, 0.25) is 0 Å². The Bertz CT molecular complexity index is 464. The molecule has 0 amide bonds. The van der Waals surface area contributed by atoms with Crippen molar-refractivity contribution in [2.75, 3.05) is 13.6 Å². The smallest absolute Gasteiger partial charge is 0.252 e. The van der Waals surface area contributed by atoms with Crippen LogP contribution in [0.1, 0.15) is 11.8 Å². The third kappa shape index (κ3) is 2.54. The SMILES string of the molecule is CCN(C)S(=O)(=O)c1ccc(C(N)=S)s1. The van der Waals surface area contributed by atoms with Gasteiger partial charge in [-0.3, -0.25) is 0 Å². The maximum atomic E-state index is 11.9. The minimum atomic E-state index is -3.37. The summed E-state index contributed by atoms with van der Waals surface area (Å²) in [5.74, 6) is 0. The summed E-state index contributed by atoms with van der Waals surface area (Å²) >= 11 is 5.87. The normalized spacial score (nSPS) is 11.9. The van der Waals surface area contributed by atoms with Crippen molar-refractivity contribution in [2.24, 2.45) is 5.73 Å². The highest BCUT2D eigenvalue weighted by Crippen LogP contribution is 2.23. The number of nitrogens with zero attached hydrogens (tertiary/aromatic N) is 1. The molecular weight excluding hydrogens is 252 g/mol. The van der Waals surface area contributed by atoms with E-state index in [2.05, 4.69) is 0 Å². The average molecular weight is 264 g/mol. The summed E-state index contributed by atoms with van der Waals surface area (Å²) in [5.41, 5.74) is 5.41. The van der Waals surface area contributed by atoms with Crippen molar-refractivity contribution in [2.45, 2.75) is 11.1 Å². The zero-order valence-corrected chi connectivity index (χ0v) is 10.9. The highest BCUT2D eigenvalue weighted by atomic mass is 32.2. The summed E-state index contributed by atoms with van der Waals surface area (Å²) in [7, 11) is -1.83. The molecule has 4 nitrogen and oxygen atoms in total. The molecule has 15 heavy (non-hydrogen) atoms. The van der Waals surface area contributed by atoms with Crippen LogP contribution in [-0.4, -0.2) is 31.3 Å². The third-order valence-electron chi connectivity index (χ3n) is 1.93. The molecule has 0 aliphatic heterocycles. The first-order chi connectivity index (χ1) is 6.89. The molecule has 2 N–H and O–H groups in total. The van der Waals surface area contributed by atoms with Gasteiger partial charge in [0, 0.05) is 13.6 Å². The molecule has 0 aromatic carbocycles. The van der Waals surface area contributed by atoms with Crippen molar-refractivity contribution in [1.82, 2.24) is 4.31 Å². The van der Waals surface area contributed by atoms with Gasteiger partial charge in [0.15, 0.2) is 0 Å². The van der Waals surface area contributed by atoms with Gasteiger partial charge in [-0.15, -0.1) is 11.3 Å². The summed E-state index contributed by atoms with van der Waals surface area (Å²) in [6, 6.07) is 3.16. The number of sulfonamides is 1. The van der Waals surface area contributed by atoms with E-state index in [-0.39, 0.29) is 9.20 Å². The maximum absolute atomic E-state index is 11.9. The molecule has 0 bridgehead atoms. The molecule has 84 valence electrons. The molecule has 1 aromatic heterocycles. The number of thiophene rings is 1. The number of hydrogen-bond donors (Lipinski definition) is 1. The van der Waals surface area contributed by atoms with Crippen molar-refractivity contribution in [3.8, 4) is 0 Å². The van der Waals surface area contributed by atoms with Crippen LogP contribution in [0.5, 0.6) is 0 Å². The highest BCUT2D eigenvalue weighted by molar-refractivity contribution is 7.91.